The number of carbonyl (C=O) groups excluding carboxylic acids is 1. The van der Waals surface area contributed by atoms with Crippen molar-refractivity contribution in [2.45, 2.75) is 6.54 Å². The number of amides is 1. The molecule has 2 N–H and O–H groups in total. The minimum absolute atomic E-state index is 0.169. The Bertz CT molecular complexity index is 555. The van der Waals surface area contributed by atoms with E-state index in [1.165, 1.54) is 0 Å². The van der Waals surface area contributed by atoms with Crippen LogP contribution in [-0.2, 0) is 11.3 Å². The van der Waals surface area contributed by atoms with Crippen LogP contribution in [0.1, 0.15) is 5.56 Å². The average molecular weight is 270 g/mol. The lowest BCUT2D eigenvalue weighted by Crippen LogP contribution is -2.33. The molecule has 4 heteroatoms. The predicted molar refractivity (Wildman–Crippen MR) is 81.0 cm³/mol. The van der Waals surface area contributed by atoms with Gasteiger partial charge in [0.1, 0.15) is 0 Å². The molecule has 2 aromatic carbocycles. The van der Waals surface area contributed by atoms with Crippen molar-refractivity contribution in [3.8, 4) is 0 Å². The maximum absolute atomic E-state index is 11.8. The van der Waals surface area contributed by atoms with Gasteiger partial charge in [0.15, 0.2) is 4.99 Å². The Kier molecular flexibility index (Phi) is 4.64. The van der Waals surface area contributed by atoms with E-state index >= 15 is 0 Å². The van der Waals surface area contributed by atoms with Gasteiger partial charge in [-0.15, -0.1) is 0 Å². The lowest BCUT2D eigenvalue weighted by atomic mass is 10.2. The van der Waals surface area contributed by atoms with Gasteiger partial charge < -0.3 is 10.6 Å². The van der Waals surface area contributed by atoms with Crippen LogP contribution in [0, 0.1) is 0 Å². The molecule has 0 aliphatic carbocycles. The third-order valence-electron chi connectivity index (χ3n) is 2.53. The van der Waals surface area contributed by atoms with Crippen LogP contribution in [0.15, 0.2) is 60.7 Å². The summed E-state index contributed by atoms with van der Waals surface area (Å²) in [5, 5.41) is 5.67. The summed E-state index contributed by atoms with van der Waals surface area (Å²) in [7, 11) is 0. The molecule has 0 unspecified atom stereocenters. The van der Waals surface area contributed by atoms with Crippen LogP contribution in [0.25, 0.3) is 0 Å². The zero-order valence-corrected chi connectivity index (χ0v) is 11.1. The van der Waals surface area contributed by atoms with Gasteiger partial charge in [0.25, 0.3) is 5.91 Å². The van der Waals surface area contributed by atoms with Crippen molar-refractivity contribution in [1.29, 1.82) is 0 Å². The summed E-state index contributed by atoms with van der Waals surface area (Å²) >= 11 is 5.05. The van der Waals surface area contributed by atoms with Gasteiger partial charge in [-0.25, -0.2) is 0 Å². The van der Waals surface area contributed by atoms with Crippen molar-refractivity contribution in [3.63, 3.8) is 0 Å². The van der Waals surface area contributed by atoms with Gasteiger partial charge in [0.2, 0.25) is 0 Å². The normalized spacial score (nSPS) is 9.68. The second kappa shape index (κ2) is 6.66. The summed E-state index contributed by atoms with van der Waals surface area (Å²) in [5.41, 5.74) is 1.85. The molecule has 2 rings (SSSR count). The van der Waals surface area contributed by atoms with Crippen LogP contribution in [0.2, 0.25) is 0 Å². The summed E-state index contributed by atoms with van der Waals surface area (Å²) in [6.45, 7) is 0.469. The molecule has 0 saturated carbocycles. The van der Waals surface area contributed by atoms with Crippen molar-refractivity contribution < 1.29 is 4.79 Å². The molecule has 1 amide bonds. The number of benzene rings is 2. The predicted octanol–water partition coefficient (Wildman–Crippen LogP) is 2.74. The number of para-hydroxylation sites is 1. The maximum atomic E-state index is 11.8. The molecule has 2 aromatic rings. The third kappa shape index (κ3) is 4.19. The summed E-state index contributed by atoms with van der Waals surface area (Å²) in [5.74, 6) is -0.275. The molecular formula is C15H14N2OS. The molecule has 0 aliphatic heterocycles. The molecule has 3 nitrogen and oxygen atoms in total. The fraction of sp³-hybridized carbons (Fsp3) is 0.0667. The SMILES string of the molecule is O=C(NCc1ccccc1)C(=S)Nc1ccccc1. The van der Waals surface area contributed by atoms with Crippen molar-refractivity contribution in [3.05, 3.63) is 66.2 Å². The molecule has 0 heterocycles. The average Bonchev–Trinajstić information content (AvgIpc) is 2.47. The van der Waals surface area contributed by atoms with Crippen LogP contribution in [0.4, 0.5) is 5.69 Å². The fourth-order valence-electron chi connectivity index (χ4n) is 1.57. The van der Waals surface area contributed by atoms with Crippen LogP contribution in [0.3, 0.4) is 0 Å². The Morgan fingerprint density at radius 2 is 1.53 bits per heavy atom. The Labute approximate surface area is 117 Å². The summed E-state index contributed by atoms with van der Waals surface area (Å²) < 4.78 is 0. The number of hydrogen-bond acceptors (Lipinski definition) is 2. The van der Waals surface area contributed by atoms with Gasteiger partial charge >= 0.3 is 0 Å². The van der Waals surface area contributed by atoms with Crippen molar-refractivity contribution in [2.24, 2.45) is 0 Å². The Hall–Kier alpha value is -2.20. The van der Waals surface area contributed by atoms with Gasteiger partial charge in [-0.3, -0.25) is 4.79 Å². The monoisotopic (exact) mass is 270 g/mol. The van der Waals surface area contributed by atoms with Gasteiger partial charge in [0.05, 0.1) is 0 Å². The lowest BCUT2D eigenvalue weighted by Gasteiger charge is -2.08. The highest BCUT2D eigenvalue weighted by molar-refractivity contribution is 7.82. The zero-order chi connectivity index (χ0) is 13.5. The third-order valence-corrected chi connectivity index (χ3v) is 2.82. The summed E-state index contributed by atoms with van der Waals surface area (Å²) in [6, 6.07) is 19.1. The summed E-state index contributed by atoms with van der Waals surface area (Å²) in [4.78, 5) is 12.0. The van der Waals surface area contributed by atoms with E-state index in [0.717, 1.165) is 11.3 Å². The Morgan fingerprint density at radius 3 is 2.16 bits per heavy atom. The van der Waals surface area contributed by atoms with Crippen molar-refractivity contribution in [1.82, 2.24) is 5.32 Å². The Morgan fingerprint density at radius 1 is 0.947 bits per heavy atom. The van der Waals surface area contributed by atoms with Crippen LogP contribution < -0.4 is 10.6 Å². The van der Waals surface area contributed by atoms with Gasteiger partial charge in [-0.2, -0.15) is 0 Å². The lowest BCUT2D eigenvalue weighted by molar-refractivity contribution is -0.114. The van der Waals surface area contributed by atoms with E-state index in [1.54, 1.807) is 0 Å². The number of nitrogens with one attached hydrogen (secondary N) is 2. The molecule has 0 radical (unpaired) electrons. The Balaban J connectivity index is 1.85. The molecule has 96 valence electrons. The second-order valence-corrected chi connectivity index (χ2v) is 4.40. The van der Waals surface area contributed by atoms with E-state index in [-0.39, 0.29) is 10.9 Å². The number of anilines is 1. The zero-order valence-electron chi connectivity index (χ0n) is 10.3. The van der Waals surface area contributed by atoms with Crippen molar-refractivity contribution in [2.75, 3.05) is 5.32 Å². The minimum Gasteiger partial charge on any atom is -0.346 e. The first kappa shape index (κ1) is 13.2. The van der Waals surface area contributed by atoms with Crippen LogP contribution >= 0.6 is 12.2 Å². The number of rotatable bonds is 3. The topological polar surface area (TPSA) is 41.1 Å². The first-order valence-electron chi connectivity index (χ1n) is 5.94. The maximum Gasteiger partial charge on any atom is 0.279 e. The molecular weight excluding hydrogens is 256 g/mol. The molecule has 0 saturated heterocycles. The molecule has 0 fully saturated rings. The second-order valence-electron chi connectivity index (χ2n) is 3.99. The minimum atomic E-state index is -0.275. The van der Waals surface area contributed by atoms with E-state index in [1.807, 2.05) is 60.7 Å². The molecule has 0 bridgehead atoms. The quantitative estimate of drug-likeness (QED) is 0.843. The van der Waals surface area contributed by atoms with Crippen LogP contribution in [0.5, 0.6) is 0 Å². The van der Waals surface area contributed by atoms with Gasteiger partial charge in [-0.05, 0) is 17.7 Å². The van der Waals surface area contributed by atoms with E-state index in [2.05, 4.69) is 10.6 Å². The van der Waals surface area contributed by atoms with E-state index < -0.39 is 0 Å². The van der Waals surface area contributed by atoms with E-state index in [4.69, 9.17) is 12.2 Å². The van der Waals surface area contributed by atoms with Crippen molar-refractivity contribution >= 4 is 28.8 Å². The van der Waals surface area contributed by atoms with Crippen LogP contribution in [-0.4, -0.2) is 10.9 Å². The highest BCUT2D eigenvalue weighted by atomic mass is 32.1. The first-order valence-corrected chi connectivity index (χ1v) is 6.34. The fourth-order valence-corrected chi connectivity index (χ4v) is 1.76. The largest absolute Gasteiger partial charge is 0.346 e. The first-order chi connectivity index (χ1) is 9.25. The van der Waals surface area contributed by atoms with E-state index in [9.17, 15) is 4.79 Å². The van der Waals surface area contributed by atoms with Gasteiger partial charge in [0, 0.05) is 12.2 Å². The molecule has 0 aliphatic rings. The molecule has 0 atom stereocenters. The highest BCUT2D eigenvalue weighted by Gasteiger charge is 2.08. The number of thiocarbonyl (C=S) groups is 1. The van der Waals surface area contributed by atoms with E-state index in [0.29, 0.717) is 6.54 Å². The van der Waals surface area contributed by atoms with Gasteiger partial charge in [-0.1, -0.05) is 60.7 Å². The highest BCUT2D eigenvalue weighted by Crippen LogP contribution is 2.05. The standard InChI is InChI=1S/C15H14N2OS/c18-14(16-11-12-7-3-1-4-8-12)15(19)17-13-9-5-2-6-10-13/h1-10H,11H2,(H,16,18)(H,17,19). The molecule has 19 heavy (non-hydrogen) atoms. The molecule has 0 aromatic heterocycles. The summed E-state index contributed by atoms with van der Waals surface area (Å²) in [6.07, 6.45) is 0. The number of hydrogen-bond donors (Lipinski definition) is 2. The smallest absolute Gasteiger partial charge is 0.279 e. The molecule has 0 spiro atoms. The number of carbonyl (C=O) groups is 1.